The molecule has 1 aliphatic rings. The number of anilines is 1. The summed E-state index contributed by atoms with van der Waals surface area (Å²) in [5.74, 6) is -1.32. The molecule has 260 valence electrons. The third-order valence-corrected chi connectivity index (χ3v) is 9.75. The lowest BCUT2D eigenvalue weighted by Crippen LogP contribution is -2.36. The lowest BCUT2D eigenvalue weighted by Gasteiger charge is -2.34. The SMILES string of the molecule is CCCCC(=O)OC(COC(=O)c1cc(Br)c(N)c(CN(CC)C2CCCCC2)c1)COC(=O)C(C)c1ccc2cc(OC)ccc2c1. The number of benzene rings is 3. The van der Waals surface area contributed by atoms with Crippen molar-refractivity contribution in [3.63, 3.8) is 0 Å². The van der Waals surface area contributed by atoms with Gasteiger partial charge in [0.15, 0.2) is 6.10 Å². The van der Waals surface area contributed by atoms with E-state index in [2.05, 4.69) is 27.8 Å². The minimum Gasteiger partial charge on any atom is -0.497 e. The Morgan fingerprint density at radius 3 is 2.38 bits per heavy atom. The van der Waals surface area contributed by atoms with E-state index in [1.807, 2.05) is 43.3 Å². The normalized spacial score (nSPS) is 14.8. The molecule has 9 nitrogen and oxygen atoms in total. The summed E-state index contributed by atoms with van der Waals surface area (Å²) in [5, 5.41) is 1.96. The van der Waals surface area contributed by atoms with Crippen LogP contribution in [0.2, 0.25) is 0 Å². The van der Waals surface area contributed by atoms with Gasteiger partial charge in [0.2, 0.25) is 0 Å². The van der Waals surface area contributed by atoms with Crippen molar-refractivity contribution in [2.45, 2.75) is 96.7 Å². The van der Waals surface area contributed by atoms with Crippen molar-refractivity contribution in [2.24, 2.45) is 0 Å². The van der Waals surface area contributed by atoms with E-state index in [0.29, 0.717) is 34.7 Å². The van der Waals surface area contributed by atoms with Crippen LogP contribution in [0.5, 0.6) is 5.75 Å². The van der Waals surface area contributed by atoms with Gasteiger partial charge in [-0.1, -0.05) is 63.8 Å². The second-order valence-corrected chi connectivity index (χ2v) is 13.4. The Morgan fingerprint density at radius 2 is 1.67 bits per heavy atom. The topological polar surface area (TPSA) is 117 Å². The number of halogens is 1. The molecular formula is C38H49BrN2O7. The molecule has 0 spiro atoms. The number of carbonyl (C=O) groups excluding carboxylic acids is 3. The van der Waals surface area contributed by atoms with Gasteiger partial charge in [-0.05, 0) is 94.8 Å². The van der Waals surface area contributed by atoms with Crippen molar-refractivity contribution in [3.8, 4) is 5.75 Å². The molecule has 0 aliphatic heterocycles. The standard InChI is InChI=1S/C38H49BrN2O7/c1-5-7-13-35(42)48-33(23-46-37(43)25(3)26-14-15-28-20-32(45-4)17-16-27(28)18-26)24-47-38(44)29-19-30(36(40)34(39)21-29)22-41(6-2)31-11-9-8-10-12-31/h14-21,25,31,33H,5-13,22-24,40H2,1-4H3. The van der Waals surface area contributed by atoms with Gasteiger partial charge in [-0.3, -0.25) is 14.5 Å². The maximum atomic E-state index is 13.3. The van der Waals surface area contributed by atoms with E-state index in [1.54, 1.807) is 26.2 Å². The molecule has 1 fully saturated rings. The zero-order chi connectivity index (χ0) is 34.6. The number of nitrogens with two attached hydrogens (primary N) is 1. The fraction of sp³-hybridized carbons (Fsp3) is 0.500. The maximum absolute atomic E-state index is 13.3. The molecule has 0 amide bonds. The number of unbranched alkanes of at least 4 members (excludes halogenated alkanes) is 1. The highest BCUT2D eigenvalue weighted by Crippen LogP contribution is 2.30. The molecule has 0 saturated heterocycles. The lowest BCUT2D eigenvalue weighted by atomic mass is 9.93. The van der Waals surface area contributed by atoms with Crippen LogP contribution in [0.3, 0.4) is 0 Å². The van der Waals surface area contributed by atoms with Gasteiger partial charge in [0.05, 0.1) is 24.3 Å². The van der Waals surface area contributed by atoms with Crippen molar-refractivity contribution in [2.75, 3.05) is 32.6 Å². The lowest BCUT2D eigenvalue weighted by molar-refractivity contribution is -0.162. The van der Waals surface area contributed by atoms with Gasteiger partial charge in [-0.25, -0.2) is 4.79 Å². The third-order valence-electron chi connectivity index (χ3n) is 9.09. The number of hydrogen-bond acceptors (Lipinski definition) is 9. The Balaban J connectivity index is 1.41. The van der Waals surface area contributed by atoms with E-state index >= 15 is 0 Å². The van der Waals surface area contributed by atoms with Gasteiger partial charge in [0.1, 0.15) is 19.0 Å². The largest absolute Gasteiger partial charge is 0.497 e. The second-order valence-electron chi connectivity index (χ2n) is 12.5. The molecule has 2 unspecified atom stereocenters. The van der Waals surface area contributed by atoms with Crippen LogP contribution >= 0.6 is 15.9 Å². The van der Waals surface area contributed by atoms with Gasteiger partial charge < -0.3 is 24.7 Å². The average Bonchev–Trinajstić information content (AvgIpc) is 3.11. The zero-order valence-corrected chi connectivity index (χ0v) is 30.2. The Labute approximate surface area is 292 Å². The number of nitrogen functional groups attached to an aromatic ring is 1. The predicted molar refractivity (Wildman–Crippen MR) is 191 cm³/mol. The van der Waals surface area contributed by atoms with Gasteiger partial charge in [0.25, 0.3) is 0 Å². The fourth-order valence-corrected chi connectivity index (χ4v) is 6.60. The Hall–Kier alpha value is -3.63. The number of esters is 3. The van der Waals surface area contributed by atoms with Crippen LogP contribution in [0, 0.1) is 0 Å². The van der Waals surface area contributed by atoms with Gasteiger partial charge in [-0.15, -0.1) is 0 Å². The molecule has 0 radical (unpaired) electrons. The minimum atomic E-state index is -0.961. The summed E-state index contributed by atoms with van der Waals surface area (Å²) in [7, 11) is 1.62. The van der Waals surface area contributed by atoms with Crippen molar-refractivity contribution in [1.82, 2.24) is 4.90 Å². The highest BCUT2D eigenvalue weighted by molar-refractivity contribution is 9.10. The summed E-state index contributed by atoms with van der Waals surface area (Å²) >= 11 is 3.52. The first-order valence-electron chi connectivity index (χ1n) is 17.1. The highest BCUT2D eigenvalue weighted by Gasteiger charge is 2.25. The first-order chi connectivity index (χ1) is 23.1. The smallest absolute Gasteiger partial charge is 0.338 e. The molecule has 2 atom stereocenters. The molecule has 1 aliphatic carbocycles. The summed E-state index contributed by atoms with van der Waals surface area (Å²) in [6, 6.07) is 15.4. The number of nitrogens with zero attached hydrogens (tertiary/aromatic N) is 1. The van der Waals surface area contributed by atoms with Crippen LogP contribution in [-0.4, -0.2) is 61.8 Å². The average molecular weight is 726 g/mol. The van der Waals surface area contributed by atoms with Crippen LogP contribution in [-0.2, 0) is 30.3 Å². The Kier molecular flexibility index (Phi) is 14.1. The summed E-state index contributed by atoms with van der Waals surface area (Å²) in [6.07, 6.45) is 6.80. The summed E-state index contributed by atoms with van der Waals surface area (Å²) < 4.78 is 22.8. The van der Waals surface area contributed by atoms with Crippen LogP contribution in [0.15, 0.2) is 53.0 Å². The zero-order valence-electron chi connectivity index (χ0n) is 28.6. The number of fused-ring (bicyclic) bond motifs is 1. The van der Waals surface area contributed by atoms with Crippen molar-refractivity contribution in [3.05, 3.63) is 69.7 Å². The quantitative estimate of drug-likeness (QED) is 0.0892. The first-order valence-corrected chi connectivity index (χ1v) is 17.9. The molecule has 1 saturated carbocycles. The van der Waals surface area contributed by atoms with E-state index in [9.17, 15) is 14.4 Å². The number of carbonyl (C=O) groups is 3. The van der Waals surface area contributed by atoms with Crippen molar-refractivity contribution >= 4 is 50.3 Å². The fourth-order valence-electron chi connectivity index (χ4n) is 6.10. The maximum Gasteiger partial charge on any atom is 0.338 e. The monoisotopic (exact) mass is 724 g/mol. The number of rotatable bonds is 16. The summed E-state index contributed by atoms with van der Waals surface area (Å²) in [6.45, 7) is 6.89. The minimum absolute atomic E-state index is 0.219. The Bertz CT molecular complexity index is 1560. The molecule has 2 N–H and O–H groups in total. The molecule has 0 bridgehead atoms. The van der Waals surface area contributed by atoms with Crippen molar-refractivity contribution in [1.29, 1.82) is 0 Å². The third kappa shape index (κ3) is 10.2. The van der Waals surface area contributed by atoms with E-state index in [1.165, 1.54) is 19.3 Å². The molecule has 4 rings (SSSR count). The van der Waals surface area contributed by atoms with E-state index in [4.69, 9.17) is 24.7 Å². The number of ether oxygens (including phenoxy) is 4. The van der Waals surface area contributed by atoms with E-state index in [0.717, 1.165) is 53.5 Å². The molecule has 10 heteroatoms. The molecular weight excluding hydrogens is 676 g/mol. The molecule has 3 aromatic rings. The molecule has 0 heterocycles. The number of methoxy groups -OCH3 is 1. The Morgan fingerprint density at radius 1 is 0.958 bits per heavy atom. The molecule has 48 heavy (non-hydrogen) atoms. The summed E-state index contributed by atoms with van der Waals surface area (Å²) in [5.41, 5.74) is 9.00. The van der Waals surface area contributed by atoms with E-state index in [-0.39, 0.29) is 19.6 Å². The number of hydrogen-bond donors (Lipinski definition) is 1. The van der Waals surface area contributed by atoms with Crippen LogP contribution in [0.4, 0.5) is 5.69 Å². The predicted octanol–water partition coefficient (Wildman–Crippen LogP) is 7.95. The molecule has 0 aromatic heterocycles. The summed E-state index contributed by atoms with van der Waals surface area (Å²) in [4.78, 5) is 41.4. The van der Waals surface area contributed by atoms with Crippen LogP contribution in [0.1, 0.15) is 99.5 Å². The van der Waals surface area contributed by atoms with Crippen molar-refractivity contribution < 1.29 is 33.3 Å². The first kappa shape index (κ1) is 37.2. The highest BCUT2D eigenvalue weighted by atomic mass is 79.9. The second kappa shape index (κ2) is 18.2. The van der Waals surface area contributed by atoms with Gasteiger partial charge >= 0.3 is 17.9 Å². The van der Waals surface area contributed by atoms with E-state index < -0.39 is 29.9 Å². The molecule has 3 aromatic carbocycles. The van der Waals surface area contributed by atoms with Gasteiger partial charge in [-0.2, -0.15) is 0 Å². The van der Waals surface area contributed by atoms with Gasteiger partial charge in [0, 0.05) is 23.5 Å². The van der Waals surface area contributed by atoms with Crippen LogP contribution in [0.25, 0.3) is 10.8 Å². The van der Waals surface area contributed by atoms with Crippen LogP contribution < -0.4 is 10.5 Å².